The third kappa shape index (κ3) is 3.61. The van der Waals surface area contributed by atoms with Gasteiger partial charge in [-0.15, -0.1) is 0 Å². The smallest absolute Gasteiger partial charge is 0.253 e. The van der Waals surface area contributed by atoms with Crippen LogP contribution in [0.5, 0.6) is 0 Å². The highest BCUT2D eigenvalue weighted by Crippen LogP contribution is 2.34. The minimum atomic E-state index is 0.0249. The van der Waals surface area contributed by atoms with E-state index in [4.69, 9.17) is 9.72 Å². The minimum Gasteiger partial charge on any atom is -0.383 e. The molecule has 0 saturated heterocycles. The van der Waals surface area contributed by atoms with Gasteiger partial charge in [0.25, 0.3) is 5.56 Å². The minimum absolute atomic E-state index is 0.0249. The summed E-state index contributed by atoms with van der Waals surface area (Å²) in [6.45, 7) is 6.61. The predicted octanol–water partition coefficient (Wildman–Crippen LogP) is 3.92. The number of rotatable bonds is 6. The van der Waals surface area contributed by atoms with Crippen molar-refractivity contribution in [3.05, 3.63) is 46.1 Å². The Morgan fingerprint density at radius 3 is 2.63 bits per heavy atom. The van der Waals surface area contributed by atoms with Gasteiger partial charge in [0.2, 0.25) is 0 Å². The summed E-state index contributed by atoms with van der Waals surface area (Å²) in [6, 6.07) is 6.35. The van der Waals surface area contributed by atoms with Crippen LogP contribution < -0.4 is 10.3 Å². The van der Waals surface area contributed by atoms with E-state index in [9.17, 15) is 4.79 Å². The van der Waals surface area contributed by atoms with E-state index in [0.717, 1.165) is 39.2 Å². The van der Waals surface area contributed by atoms with Gasteiger partial charge in [-0.05, 0) is 50.1 Å². The molecule has 1 atom stereocenters. The quantitative estimate of drug-likeness (QED) is 0.651. The highest BCUT2D eigenvalue weighted by atomic mass is 32.2. The van der Waals surface area contributed by atoms with Crippen molar-refractivity contribution in [2.75, 3.05) is 24.7 Å². The van der Waals surface area contributed by atoms with Gasteiger partial charge < -0.3 is 18.6 Å². The molecule has 1 unspecified atom stereocenters. The van der Waals surface area contributed by atoms with Crippen LogP contribution in [0.15, 0.2) is 29.2 Å². The molecule has 0 saturated carbocycles. The number of nitrogens with one attached hydrogen (secondary N) is 1. The van der Waals surface area contributed by atoms with Gasteiger partial charge in [0, 0.05) is 32.2 Å². The van der Waals surface area contributed by atoms with Crippen molar-refractivity contribution in [2.24, 2.45) is 7.05 Å². The van der Waals surface area contributed by atoms with Crippen LogP contribution in [0.3, 0.4) is 0 Å². The van der Waals surface area contributed by atoms with Gasteiger partial charge in [0.15, 0.2) is 0 Å². The zero-order valence-corrected chi connectivity index (χ0v) is 17.5. The molecule has 1 aromatic carbocycles. The van der Waals surface area contributed by atoms with Crippen LogP contribution in [0, 0.1) is 13.8 Å². The van der Waals surface area contributed by atoms with Crippen molar-refractivity contribution in [1.29, 1.82) is 0 Å². The number of methoxy groups -OCH3 is 1. The Hall–Kier alpha value is -2.25. The molecule has 0 aliphatic rings. The first-order chi connectivity index (χ1) is 12.9. The van der Waals surface area contributed by atoms with E-state index >= 15 is 0 Å². The lowest BCUT2D eigenvalue weighted by molar-refractivity contribution is 0.163. The summed E-state index contributed by atoms with van der Waals surface area (Å²) in [5.41, 5.74) is 5.76. The molecule has 0 radical (unpaired) electrons. The van der Waals surface area contributed by atoms with Gasteiger partial charge in [-0.1, -0.05) is 11.9 Å². The molecule has 3 aromatic rings. The van der Waals surface area contributed by atoms with Crippen molar-refractivity contribution in [1.82, 2.24) is 14.1 Å². The highest BCUT2D eigenvalue weighted by molar-refractivity contribution is 7.99. The Kier molecular flexibility index (Phi) is 5.62. The Bertz CT molecular complexity index is 1010. The molecule has 6 nitrogen and oxygen atoms in total. The van der Waals surface area contributed by atoms with Crippen molar-refractivity contribution in [3.63, 3.8) is 0 Å². The summed E-state index contributed by atoms with van der Waals surface area (Å²) >= 11 is 1.54. The number of imidazole rings is 1. The van der Waals surface area contributed by atoms with Crippen molar-refractivity contribution in [2.45, 2.75) is 26.8 Å². The lowest BCUT2D eigenvalue weighted by atomic mass is 10.0. The Morgan fingerprint density at radius 1 is 1.26 bits per heavy atom. The van der Waals surface area contributed by atoms with Crippen molar-refractivity contribution < 1.29 is 4.74 Å². The number of hydrogen-bond acceptors (Lipinski definition) is 5. The van der Waals surface area contributed by atoms with Crippen LogP contribution in [0.4, 0.5) is 5.69 Å². The van der Waals surface area contributed by atoms with Crippen LogP contribution in [0.2, 0.25) is 0 Å². The number of fused-ring (bicyclic) bond motifs is 1. The average Bonchev–Trinajstić information content (AvgIpc) is 2.96. The maximum Gasteiger partial charge on any atom is 0.253 e. The molecule has 2 heterocycles. The number of nitrogens with zero attached hydrogens (tertiary/aromatic N) is 3. The number of pyridine rings is 1. The normalized spacial score (nSPS) is 12.5. The standard InChI is InChI=1S/C20H26N4O2S/c1-12-7-16(10-23(4)20(12)25)15-8-17(22-27-6)19-18(9-15)24(14(3)21-19)13(2)11-26-5/h7-10,13,22H,11H2,1-6H3. The molecule has 0 fully saturated rings. The van der Waals surface area contributed by atoms with E-state index < -0.39 is 0 Å². The molecular formula is C20H26N4O2S. The number of benzene rings is 1. The largest absolute Gasteiger partial charge is 0.383 e. The molecular weight excluding hydrogens is 360 g/mol. The monoisotopic (exact) mass is 386 g/mol. The summed E-state index contributed by atoms with van der Waals surface area (Å²) in [5, 5.41) is 0. The topological polar surface area (TPSA) is 61.1 Å². The fourth-order valence-electron chi connectivity index (χ4n) is 3.57. The van der Waals surface area contributed by atoms with E-state index in [2.05, 4.69) is 28.3 Å². The number of ether oxygens (including phenoxy) is 1. The summed E-state index contributed by atoms with van der Waals surface area (Å²) in [5.74, 6) is 0.951. The zero-order chi connectivity index (χ0) is 19.7. The lowest BCUT2D eigenvalue weighted by Gasteiger charge is -2.16. The van der Waals surface area contributed by atoms with E-state index in [0.29, 0.717) is 6.61 Å². The van der Waals surface area contributed by atoms with E-state index in [1.807, 2.05) is 32.4 Å². The molecule has 0 aliphatic carbocycles. The van der Waals surface area contributed by atoms with Gasteiger partial charge in [0.05, 0.1) is 23.9 Å². The molecule has 0 spiro atoms. The molecule has 0 amide bonds. The van der Waals surface area contributed by atoms with Gasteiger partial charge in [-0.3, -0.25) is 4.79 Å². The first kappa shape index (κ1) is 19.5. The molecule has 0 aliphatic heterocycles. The van der Waals surface area contributed by atoms with Crippen LogP contribution in [-0.4, -0.2) is 34.1 Å². The van der Waals surface area contributed by atoms with Crippen LogP contribution >= 0.6 is 11.9 Å². The fraction of sp³-hybridized carbons (Fsp3) is 0.400. The molecule has 2 aromatic heterocycles. The first-order valence-electron chi connectivity index (χ1n) is 8.85. The summed E-state index contributed by atoms with van der Waals surface area (Å²) < 4.78 is 12.6. The second-order valence-corrected chi connectivity index (χ2v) is 7.47. The highest BCUT2D eigenvalue weighted by Gasteiger charge is 2.18. The Morgan fingerprint density at radius 2 is 2.00 bits per heavy atom. The SMILES string of the molecule is COCC(C)n1c(C)nc2c(NSC)cc(-c3cc(C)c(=O)n(C)c3)cc21. The number of anilines is 1. The van der Waals surface area contributed by atoms with Crippen molar-refractivity contribution in [3.8, 4) is 11.1 Å². The van der Waals surface area contributed by atoms with Gasteiger partial charge in [-0.2, -0.15) is 0 Å². The Balaban J connectivity index is 2.28. The number of aryl methyl sites for hydroxylation is 3. The van der Waals surface area contributed by atoms with Crippen LogP contribution in [-0.2, 0) is 11.8 Å². The maximum absolute atomic E-state index is 12.1. The molecule has 7 heteroatoms. The van der Waals surface area contributed by atoms with E-state index in [1.54, 1.807) is 18.7 Å². The zero-order valence-electron chi connectivity index (χ0n) is 16.7. The summed E-state index contributed by atoms with van der Waals surface area (Å²) in [4.78, 5) is 16.9. The molecule has 144 valence electrons. The maximum atomic E-state index is 12.1. The van der Waals surface area contributed by atoms with Crippen LogP contribution in [0.25, 0.3) is 22.2 Å². The predicted molar refractivity (Wildman–Crippen MR) is 114 cm³/mol. The third-order valence-electron chi connectivity index (χ3n) is 4.73. The van der Waals surface area contributed by atoms with Crippen molar-refractivity contribution >= 4 is 28.7 Å². The Labute approximate surface area is 163 Å². The number of aromatic nitrogens is 3. The molecule has 27 heavy (non-hydrogen) atoms. The van der Waals surface area contributed by atoms with Crippen LogP contribution in [0.1, 0.15) is 24.4 Å². The van der Waals surface area contributed by atoms with Gasteiger partial charge in [-0.25, -0.2) is 4.98 Å². The summed E-state index contributed by atoms with van der Waals surface area (Å²) in [7, 11) is 3.50. The molecule has 1 N–H and O–H groups in total. The summed E-state index contributed by atoms with van der Waals surface area (Å²) in [6.07, 6.45) is 3.87. The van der Waals surface area contributed by atoms with Gasteiger partial charge in [0.1, 0.15) is 11.3 Å². The molecule has 3 rings (SSSR count). The third-order valence-corrected chi connectivity index (χ3v) is 5.15. The average molecular weight is 387 g/mol. The first-order valence-corrected chi connectivity index (χ1v) is 10.1. The van der Waals surface area contributed by atoms with E-state index in [1.165, 1.54) is 11.9 Å². The number of hydrogen-bond donors (Lipinski definition) is 1. The van der Waals surface area contributed by atoms with E-state index in [-0.39, 0.29) is 11.6 Å². The second kappa shape index (κ2) is 7.78. The van der Waals surface area contributed by atoms with Gasteiger partial charge >= 0.3 is 0 Å². The second-order valence-electron chi connectivity index (χ2n) is 6.86. The fourth-order valence-corrected chi connectivity index (χ4v) is 3.95. The lowest BCUT2D eigenvalue weighted by Crippen LogP contribution is -2.18. The molecule has 0 bridgehead atoms.